The van der Waals surface area contributed by atoms with Gasteiger partial charge in [0.1, 0.15) is 11.4 Å². The molecule has 1 aromatic carbocycles. The van der Waals surface area contributed by atoms with Crippen LogP contribution in [0.1, 0.15) is 46.6 Å². The monoisotopic (exact) mass is 364 g/mol. The van der Waals surface area contributed by atoms with Gasteiger partial charge in [-0.25, -0.2) is 4.79 Å². The first-order valence-electron chi connectivity index (χ1n) is 8.98. The van der Waals surface area contributed by atoms with Crippen molar-refractivity contribution in [2.45, 2.75) is 59.1 Å². The van der Waals surface area contributed by atoms with Gasteiger partial charge in [-0.15, -0.1) is 0 Å². The van der Waals surface area contributed by atoms with Gasteiger partial charge in [-0.2, -0.15) is 0 Å². The number of carbonyl (C=O) groups excluding carboxylic acids is 2. The third kappa shape index (κ3) is 9.30. The highest BCUT2D eigenvalue weighted by atomic mass is 16.6. The fourth-order valence-electron chi connectivity index (χ4n) is 2.46. The Bertz CT molecular complexity index is 576. The zero-order valence-corrected chi connectivity index (χ0v) is 16.7. The van der Waals surface area contributed by atoms with Gasteiger partial charge in [0.2, 0.25) is 5.91 Å². The first-order valence-corrected chi connectivity index (χ1v) is 8.98. The Kier molecular flexibility index (Phi) is 8.42. The minimum Gasteiger partial charge on any atom is -0.497 e. The number of nitrogens with one attached hydrogen (secondary N) is 2. The number of carbonyl (C=O) groups is 2. The molecule has 26 heavy (non-hydrogen) atoms. The largest absolute Gasteiger partial charge is 0.497 e. The second-order valence-electron chi connectivity index (χ2n) is 7.80. The van der Waals surface area contributed by atoms with Crippen LogP contribution in [0.5, 0.6) is 5.75 Å². The van der Waals surface area contributed by atoms with Gasteiger partial charge in [0, 0.05) is 12.6 Å². The molecule has 0 saturated heterocycles. The summed E-state index contributed by atoms with van der Waals surface area (Å²) in [6, 6.07) is 7.21. The van der Waals surface area contributed by atoms with Crippen molar-refractivity contribution < 1.29 is 19.1 Å². The summed E-state index contributed by atoms with van der Waals surface area (Å²) >= 11 is 0. The molecule has 1 aromatic rings. The average molecular weight is 364 g/mol. The highest BCUT2D eigenvalue weighted by Crippen LogP contribution is 2.12. The quantitative estimate of drug-likeness (QED) is 0.742. The molecule has 1 rings (SSSR count). The summed E-state index contributed by atoms with van der Waals surface area (Å²) in [6.07, 6.45) is 0.569. The van der Waals surface area contributed by atoms with Crippen LogP contribution in [0.4, 0.5) is 4.79 Å². The van der Waals surface area contributed by atoms with E-state index in [2.05, 4.69) is 24.5 Å². The molecule has 2 N–H and O–H groups in total. The standard InChI is InChI=1S/C20H32N2O4/c1-14(2)11-16(22-19(24)26-20(3,4)5)13-21-18(23)12-15-7-9-17(25-6)10-8-15/h7-10,14,16H,11-13H2,1-6H3,(H,21,23)(H,22,24)/t16-/m0/s1. The van der Waals surface area contributed by atoms with Crippen molar-refractivity contribution in [1.82, 2.24) is 10.6 Å². The maximum Gasteiger partial charge on any atom is 0.407 e. The Labute approximate surface area is 156 Å². The van der Waals surface area contributed by atoms with E-state index < -0.39 is 11.7 Å². The van der Waals surface area contributed by atoms with Gasteiger partial charge in [0.05, 0.1) is 13.5 Å². The van der Waals surface area contributed by atoms with E-state index in [-0.39, 0.29) is 18.4 Å². The lowest BCUT2D eigenvalue weighted by Gasteiger charge is -2.25. The van der Waals surface area contributed by atoms with Crippen molar-refractivity contribution in [2.75, 3.05) is 13.7 Å². The minimum atomic E-state index is -0.552. The van der Waals surface area contributed by atoms with Crippen molar-refractivity contribution in [2.24, 2.45) is 5.92 Å². The fraction of sp³-hybridized carbons (Fsp3) is 0.600. The first-order chi connectivity index (χ1) is 12.1. The van der Waals surface area contributed by atoms with E-state index in [1.54, 1.807) is 7.11 Å². The zero-order valence-electron chi connectivity index (χ0n) is 16.7. The predicted molar refractivity (Wildman–Crippen MR) is 102 cm³/mol. The third-order valence-corrected chi connectivity index (χ3v) is 3.55. The number of methoxy groups -OCH3 is 1. The van der Waals surface area contributed by atoms with Crippen LogP contribution in [0, 0.1) is 5.92 Å². The highest BCUT2D eigenvalue weighted by Gasteiger charge is 2.20. The number of benzene rings is 1. The number of alkyl carbamates (subject to hydrolysis) is 1. The summed E-state index contributed by atoms with van der Waals surface area (Å²) in [6.45, 7) is 9.97. The van der Waals surface area contributed by atoms with Crippen LogP contribution in [0.25, 0.3) is 0 Å². The number of hydrogen-bond donors (Lipinski definition) is 2. The predicted octanol–water partition coefficient (Wildman–Crippen LogP) is 3.29. The lowest BCUT2D eigenvalue weighted by molar-refractivity contribution is -0.120. The van der Waals surface area contributed by atoms with Crippen LogP contribution in [0.3, 0.4) is 0 Å². The Hall–Kier alpha value is -2.24. The molecule has 0 heterocycles. The molecule has 0 aliphatic carbocycles. The Morgan fingerprint density at radius 1 is 1.12 bits per heavy atom. The van der Waals surface area contributed by atoms with Crippen molar-refractivity contribution in [3.05, 3.63) is 29.8 Å². The Balaban J connectivity index is 2.53. The van der Waals surface area contributed by atoms with Crippen LogP contribution in [-0.2, 0) is 16.0 Å². The average Bonchev–Trinajstić information content (AvgIpc) is 2.51. The fourth-order valence-corrected chi connectivity index (χ4v) is 2.46. The van der Waals surface area contributed by atoms with Gasteiger partial charge in [-0.05, 0) is 50.8 Å². The number of ether oxygens (including phenoxy) is 2. The molecule has 0 radical (unpaired) electrons. The van der Waals surface area contributed by atoms with Gasteiger partial charge in [0.25, 0.3) is 0 Å². The molecule has 0 fully saturated rings. The summed E-state index contributed by atoms with van der Waals surface area (Å²) in [7, 11) is 1.61. The van der Waals surface area contributed by atoms with Gasteiger partial charge in [0.15, 0.2) is 0 Å². The second-order valence-corrected chi connectivity index (χ2v) is 7.80. The van der Waals surface area contributed by atoms with E-state index in [9.17, 15) is 9.59 Å². The summed E-state index contributed by atoms with van der Waals surface area (Å²) < 4.78 is 10.4. The van der Waals surface area contributed by atoms with Crippen molar-refractivity contribution in [1.29, 1.82) is 0 Å². The number of hydrogen-bond acceptors (Lipinski definition) is 4. The summed E-state index contributed by atoms with van der Waals surface area (Å²) in [5.41, 5.74) is 0.355. The van der Waals surface area contributed by atoms with Gasteiger partial charge in [-0.1, -0.05) is 26.0 Å². The number of amides is 2. The van der Waals surface area contributed by atoms with Crippen LogP contribution < -0.4 is 15.4 Å². The smallest absolute Gasteiger partial charge is 0.407 e. The van der Waals surface area contributed by atoms with Crippen LogP contribution in [0.15, 0.2) is 24.3 Å². The van der Waals surface area contributed by atoms with Gasteiger partial charge >= 0.3 is 6.09 Å². The first kappa shape index (κ1) is 21.8. The van der Waals surface area contributed by atoms with E-state index in [0.717, 1.165) is 17.7 Å². The molecule has 146 valence electrons. The lowest BCUT2D eigenvalue weighted by atomic mass is 10.0. The third-order valence-electron chi connectivity index (χ3n) is 3.55. The zero-order chi connectivity index (χ0) is 19.7. The molecule has 6 nitrogen and oxygen atoms in total. The molecule has 0 saturated carbocycles. The summed E-state index contributed by atoms with van der Waals surface area (Å²) in [5.74, 6) is 1.05. The molecule has 0 bridgehead atoms. The number of rotatable bonds is 8. The summed E-state index contributed by atoms with van der Waals surface area (Å²) in [4.78, 5) is 24.2. The lowest BCUT2D eigenvalue weighted by Crippen LogP contribution is -2.46. The normalized spacial score (nSPS) is 12.4. The molecule has 6 heteroatoms. The van der Waals surface area contributed by atoms with E-state index >= 15 is 0 Å². The molecule has 2 amide bonds. The molecular formula is C20H32N2O4. The Morgan fingerprint density at radius 3 is 2.23 bits per heavy atom. The topological polar surface area (TPSA) is 76.7 Å². The molecule has 1 atom stereocenters. The SMILES string of the molecule is COc1ccc(CC(=O)NC[C@H](CC(C)C)NC(=O)OC(C)(C)C)cc1. The van der Waals surface area contributed by atoms with E-state index in [1.807, 2.05) is 45.0 Å². The molecule has 0 aromatic heterocycles. The molecular weight excluding hydrogens is 332 g/mol. The highest BCUT2D eigenvalue weighted by molar-refractivity contribution is 5.78. The van der Waals surface area contributed by atoms with E-state index in [1.165, 1.54) is 0 Å². The molecule has 0 aliphatic heterocycles. The van der Waals surface area contributed by atoms with Crippen molar-refractivity contribution in [3.8, 4) is 5.75 Å². The van der Waals surface area contributed by atoms with Crippen LogP contribution in [0.2, 0.25) is 0 Å². The van der Waals surface area contributed by atoms with Crippen molar-refractivity contribution in [3.63, 3.8) is 0 Å². The molecule has 0 aliphatic rings. The minimum absolute atomic E-state index is 0.0880. The van der Waals surface area contributed by atoms with Crippen LogP contribution in [-0.4, -0.2) is 37.3 Å². The van der Waals surface area contributed by atoms with Gasteiger partial charge in [-0.3, -0.25) is 4.79 Å². The Morgan fingerprint density at radius 2 is 1.73 bits per heavy atom. The van der Waals surface area contributed by atoms with Crippen molar-refractivity contribution >= 4 is 12.0 Å². The maximum absolute atomic E-state index is 12.2. The summed E-state index contributed by atoms with van der Waals surface area (Å²) in [5, 5.41) is 5.74. The second kappa shape index (κ2) is 10.0. The van der Waals surface area contributed by atoms with E-state index in [0.29, 0.717) is 12.5 Å². The maximum atomic E-state index is 12.2. The van der Waals surface area contributed by atoms with E-state index in [4.69, 9.17) is 9.47 Å². The van der Waals surface area contributed by atoms with Crippen LogP contribution >= 0.6 is 0 Å². The molecule has 0 spiro atoms. The van der Waals surface area contributed by atoms with Gasteiger partial charge < -0.3 is 20.1 Å². The molecule has 0 unspecified atom stereocenters.